The summed E-state index contributed by atoms with van der Waals surface area (Å²) in [4.78, 5) is 27.3. The highest BCUT2D eigenvalue weighted by atomic mass is 35.5. The second-order valence-corrected chi connectivity index (χ2v) is 8.24. The maximum Gasteiger partial charge on any atom is 0.254 e. The summed E-state index contributed by atoms with van der Waals surface area (Å²) >= 11 is 6.42. The van der Waals surface area contributed by atoms with Crippen LogP contribution in [-0.2, 0) is 11.3 Å². The molecule has 2 aromatic carbocycles. The van der Waals surface area contributed by atoms with Crippen molar-refractivity contribution in [1.82, 2.24) is 4.90 Å². The van der Waals surface area contributed by atoms with Gasteiger partial charge in [-0.25, -0.2) is 0 Å². The molecule has 1 aliphatic rings. The molecule has 0 saturated heterocycles. The molecule has 0 spiro atoms. The SMILES string of the molecule is N#Cc1ccc(C(=O)N(CCCN)Cc2cc(NC(=O)C3CCCC3)ccc2Cl)cc1. The molecule has 31 heavy (non-hydrogen) atoms. The van der Waals surface area contributed by atoms with E-state index in [1.807, 2.05) is 6.07 Å². The van der Waals surface area contributed by atoms with E-state index in [0.29, 0.717) is 47.9 Å². The summed E-state index contributed by atoms with van der Waals surface area (Å²) in [6, 6.07) is 14.0. The molecule has 7 heteroatoms. The molecule has 0 radical (unpaired) electrons. The first-order chi connectivity index (χ1) is 15.0. The van der Waals surface area contributed by atoms with Crippen LogP contribution in [0.15, 0.2) is 42.5 Å². The van der Waals surface area contributed by atoms with Gasteiger partial charge >= 0.3 is 0 Å². The van der Waals surface area contributed by atoms with Crippen LogP contribution in [0.3, 0.4) is 0 Å². The van der Waals surface area contributed by atoms with Gasteiger partial charge in [0, 0.05) is 35.3 Å². The third-order valence-corrected chi connectivity index (χ3v) is 5.95. The van der Waals surface area contributed by atoms with Gasteiger partial charge in [0.1, 0.15) is 0 Å². The molecule has 3 rings (SSSR count). The molecule has 0 aliphatic heterocycles. The van der Waals surface area contributed by atoms with Gasteiger partial charge in [-0.1, -0.05) is 24.4 Å². The van der Waals surface area contributed by atoms with Crippen LogP contribution in [0.2, 0.25) is 5.02 Å². The molecule has 6 nitrogen and oxygen atoms in total. The summed E-state index contributed by atoms with van der Waals surface area (Å²) in [5, 5.41) is 12.5. The second kappa shape index (κ2) is 10.9. The zero-order valence-corrected chi connectivity index (χ0v) is 18.2. The fourth-order valence-electron chi connectivity index (χ4n) is 3.82. The van der Waals surface area contributed by atoms with E-state index >= 15 is 0 Å². The van der Waals surface area contributed by atoms with Crippen molar-refractivity contribution >= 4 is 29.1 Å². The van der Waals surface area contributed by atoms with Gasteiger partial charge < -0.3 is 16.0 Å². The van der Waals surface area contributed by atoms with Crippen molar-refractivity contribution in [2.75, 3.05) is 18.4 Å². The molecular formula is C24H27ClN4O2. The first kappa shape index (κ1) is 22.8. The number of rotatable bonds is 8. The third-order valence-electron chi connectivity index (χ3n) is 5.58. The minimum atomic E-state index is -0.158. The van der Waals surface area contributed by atoms with E-state index in [9.17, 15) is 9.59 Å². The molecule has 2 aromatic rings. The Bertz CT molecular complexity index is 963. The zero-order chi connectivity index (χ0) is 22.2. The summed E-state index contributed by atoms with van der Waals surface area (Å²) in [5.41, 5.74) is 8.10. The number of halogens is 1. The maximum absolute atomic E-state index is 13.1. The molecule has 1 saturated carbocycles. The van der Waals surface area contributed by atoms with E-state index in [0.717, 1.165) is 31.2 Å². The van der Waals surface area contributed by atoms with E-state index in [1.54, 1.807) is 41.3 Å². The van der Waals surface area contributed by atoms with Crippen molar-refractivity contribution < 1.29 is 9.59 Å². The molecule has 1 fully saturated rings. The van der Waals surface area contributed by atoms with E-state index in [4.69, 9.17) is 22.6 Å². The first-order valence-corrected chi connectivity index (χ1v) is 11.0. The van der Waals surface area contributed by atoms with Gasteiger partial charge in [-0.2, -0.15) is 5.26 Å². The quantitative estimate of drug-likeness (QED) is 0.640. The number of hydrogen-bond acceptors (Lipinski definition) is 4. The highest BCUT2D eigenvalue weighted by Gasteiger charge is 2.23. The van der Waals surface area contributed by atoms with Gasteiger partial charge in [-0.05, 0) is 73.8 Å². The Labute approximate surface area is 188 Å². The lowest BCUT2D eigenvalue weighted by molar-refractivity contribution is -0.119. The van der Waals surface area contributed by atoms with Crippen LogP contribution >= 0.6 is 11.6 Å². The van der Waals surface area contributed by atoms with Crippen LogP contribution in [0.4, 0.5) is 5.69 Å². The van der Waals surface area contributed by atoms with E-state index in [-0.39, 0.29) is 17.7 Å². The van der Waals surface area contributed by atoms with Crippen LogP contribution in [-0.4, -0.2) is 29.8 Å². The van der Waals surface area contributed by atoms with Crippen molar-refractivity contribution in [2.45, 2.75) is 38.6 Å². The predicted molar refractivity (Wildman–Crippen MR) is 122 cm³/mol. The number of carbonyl (C=O) groups is 2. The molecule has 2 amide bonds. The lowest BCUT2D eigenvalue weighted by Crippen LogP contribution is -2.32. The number of nitrogens with two attached hydrogens (primary N) is 1. The average molecular weight is 439 g/mol. The number of nitriles is 1. The monoisotopic (exact) mass is 438 g/mol. The van der Waals surface area contributed by atoms with Crippen LogP contribution in [0.25, 0.3) is 0 Å². The highest BCUT2D eigenvalue weighted by molar-refractivity contribution is 6.31. The summed E-state index contributed by atoms with van der Waals surface area (Å²) in [6.07, 6.45) is 4.70. The topological polar surface area (TPSA) is 99.2 Å². The molecule has 1 aliphatic carbocycles. The molecule has 0 atom stereocenters. The van der Waals surface area contributed by atoms with Crippen LogP contribution in [0.1, 0.15) is 53.6 Å². The number of benzene rings is 2. The third kappa shape index (κ3) is 6.06. The van der Waals surface area contributed by atoms with Crippen molar-refractivity contribution in [3.63, 3.8) is 0 Å². The summed E-state index contributed by atoms with van der Waals surface area (Å²) in [7, 11) is 0. The molecular weight excluding hydrogens is 412 g/mol. The number of nitrogens with zero attached hydrogens (tertiary/aromatic N) is 2. The van der Waals surface area contributed by atoms with Crippen molar-refractivity contribution in [1.29, 1.82) is 5.26 Å². The lowest BCUT2D eigenvalue weighted by atomic mass is 10.1. The van der Waals surface area contributed by atoms with Gasteiger partial charge in [-0.3, -0.25) is 9.59 Å². The first-order valence-electron chi connectivity index (χ1n) is 10.6. The van der Waals surface area contributed by atoms with Gasteiger partial charge in [0.2, 0.25) is 5.91 Å². The Hall–Kier alpha value is -2.88. The minimum Gasteiger partial charge on any atom is -0.334 e. The van der Waals surface area contributed by atoms with Crippen LogP contribution in [0, 0.1) is 17.2 Å². The number of hydrogen-bond donors (Lipinski definition) is 2. The second-order valence-electron chi connectivity index (χ2n) is 7.83. The van der Waals surface area contributed by atoms with Crippen LogP contribution in [0.5, 0.6) is 0 Å². The van der Waals surface area contributed by atoms with Crippen molar-refractivity contribution in [3.05, 3.63) is 64.2 Å². The summed E-state index contributed by atoms with van der Waals surface area (Å²) < 4.78 is 0. The fraction of sp³-hybridized carbons (Fsp3) is 0.375. The predicted octanol–water partition coefficient (Wildman–Crippen LogP) is 4.33. The Morgan fingerprint density at radius 1 is 1.16 bits per heavy atom. The summed E-state index contributed by atoms with van der Waals surface area (Å²) in [5.74, 6) is -0.0491. The fourth-order valence-corrected chi connectivity index (χ4v) is 3.99. The van der Waals surface area contributed by atoms with Gasteiger partial charge in [0.05, 0.1) is 11.6 Å². The number of nitrogens with one attached hydrogen (secondary N) is 1. The smallest absolute Gasteiger partial charge is 0.254 e. The van der Waals surface area contributed by atoms with Gasteiger partial charge in [-0.15, -0.1) is 0 Å². The largest absolute Gasteiger partial charge is 0.334 e. The zero-order valence-electron chi connectivity index (χ0n) is 17.4. The Morgan fingerprint density at radius 3 is 2.52 bits per heavy atom. The molecule has 0 aromatic heterocycles. The molecule has 3 N–H and O–H groups in total. The maximum atomic E-state index is 13.1. The Balaban J connectivity index is 1.77. The van der Waals surface area contributed by atoms with Crippen molar-refractivity contribution in [3.8, 4) is 6.07 Å². The molecule has 0 bridgehead atoms. The average Bonchev–Trinajstić information content (AvgIpc) is 3.33. The Morgan fingerprint density at radius 2 is 1.87 bits per heavy atom. The minimum absolute atomic E-state index is 0.0411. The number of carbonyl (C=O) groups excluding carboxylic acids is 2. The molecule has 162 valence electrons. The van der Waals surface area contributed by atoms with E-state index < -0.39 is 0 Å². The van der Waals surface area contributed by atoms with Gasteiger partial charge in [0.25, 0.3) is 5.91 Å². The molecule has 0 unspecified atom stereocenters. The van der Waals surface area contributed by atoms with Gasteiger partial charge in [0.15, 0.2) is 0 Å². The standard InChI is InChI=1S/C24H27ClN4O2/c25-22-11-10-21(28-23(30)18-4-1-2-5-18)14-20(22)16-29(13-3-12-26)24(31)19-8-6-17(15-27)7-9-19/h6-11,14,18H,1-5,12-13,16,26H2,(H,28,30). The number of anilines is 1. The highest BCUT2D eigenvalue weighted by Crippen LogP contribution is 2.28. The normalized spacial score (nSPS) is 13.6. The van der Waals surface area contributed by atoms with E-state index in [1.165, 1.54) is 0 Å². The molecule has 0 heterocycles. The number of amides is 2. The lowest BCUT2D eigenvalue weighted by Gasteiger charge is -2.24. The van der Waals surface area contributed by atoms with E-state index in [2.05, 4.69) is 11.4 Å². The van der Waals surface area contributed by atoms with Crippen LogP contribution < -0.4 is 11.1 Å². The Kier molecular flexibility index (Phi) is 8.05. The summed E-state index contributed by atoms with van der Waals surface area (Å²) in [6.45, 7) is 1.23. The van der Waals surface area contributed by atoms with Crippen molar-refractivity contribution in [2.24, 2.45) is 11.7 Å².